The third kappa shape index (κ3) is 4.39. The van der Waals surface area contributed by atoms with Crippen molar-refractivity contribution >= 4 is 23.2 Å². The first kappa shape index (κ1) is 17.9. The summed E-state index contributed by atoms with van der Waals surface area (Å²) in [6, 6.07) is 11.3. The Morgan fingerprint density at radius 1 is 1.08 bits per heavy atom. The Morgan fingerprint density at radius 2 is 1.81 bits per heavy atom. The SMILES string of the molecule is CCCC(=O)N1CCN(c2ccc(NC(=O)c3cccnc3)cc2)CC1. The van der Waals surface area contributed by atoms with Crippen LogP contribution in [-0.4, -0.2) is 47.9 Å². The summed E-state index contributed by atoms with van der Waals surface area (Å²) >= 11 is 0. The van der Waals surface area contributed by atoms with Gasteiger partial charge in [0.05, 0.1) is 5.56 Å². The number of rotatable bonds is 5. The summed E-state index contributed by atoms with van der Waals surface area (Å²) in [7, 11) is 0. The fourth-order valence-electron chi connectivity index (χ4n) is 3.04. The van der Waals surface area contributed by atoms with Crippen molar-refractivity contribution < 1.29 is 9.59 Å². The molecule has 0 bridgehead atoms. The van der Waals surface area contributed by atoms with Crippen molar-refractivity contribution in [2.75, 3.05) is 36.4 Å². The van der Waals surface area contributed by atoms with E-state index < -0.39 is 0 Å². The van der Waals surface area contributed by atoms with Crippen LogP contribution in [0, 0.1) is 0 Å². The van der Waals surface area contributed by atoms with Gasteiger partial charge in [0, 0.05) is 56.4 Å². The van der Waals surface area contributed by atoms with Crippen molar-refractivity contribution in [1.29, 1.82) is 0 Å². The Balaban J connectivity index is 1.55. The largest absolute Gasteiger partial charge is 0.368 e. The molecule has 0 spiro atoms. The second kappa shape index (κ2) is 8.47. The first-order valence-electron chi connectivity index (χ1n) is 9.01. The molecule has 2 heterocycles. The normalized spacial score (nSPS) is 14.2. The van der Waals surface area contributed by atoms with Crippen LogP contribution in [0.4, 0.5) is 11.4 Å². The number of carbonyl (C=O) groups excluding carboxylic acids is 2. The number of amides is 2. The fraction of sp³-hybridized carbons (Fsp3) is 0.350. The van der Waals surface area contributed by atoms with Crippen molar-refractivity contribution in [2.45, 2.75) is 19.8 Å². The van der Waals surface area contributed by atoms with Crippen molar-refractivity contribution in [2.24, 2.45) is 0 Å². The van der Waals surface area contributed by atoms with Gasteiger partial charge in [0.1, 0.15) is 0 Å². The highest BCUT2D eigenvalue weighted by Gasteiger charge is 2.20. The first-order chi connectivity index (χ1) is 12.7. The summed E-state index contributed by atoms with van der Waals surface area (Å²) in [6.07, 6.45) is 4.71. The number of piperazine rings is 1. The molecule has 2 amide bonds. The molecule has 1 N–H and O–H groups in total. The predicted octanol–water partition coefficient (Wildman–Crippen LogP) is 2.78. The molecule has 26 heavy (non-hydrogen) atoms. The zero-order valence-electron chi connectivity index (χ0n) is 15.0. The van der Waals surface area contributed by atoms with Gasteiger partial charge in [-0.05, 0) is 42.8 Å². The molecule has 6 nitrogen and oxygen atoms in total. The highest BCUT2D eigenvalue weighted by Crippen LogP contribution is 2.20. The quantitative estimate of drug-likeness (QED) is 0.899. The zero-order chi connectivity index (χ0) is 18.4. The molecule has 3 rings (SSSR count). The topological polar surface area (TPSA) is 65.5 Å². The molecule has 2 aromatic rings. The molecule has 0 unspecified atom stereocenters. The van der Waals surface area contributed by atoms with Crippen LogP contribution in [0.2, 0.25) is 0 Å². The van der Waals surface area contributed by atoms with Crippen LogP contribution in [0.25, 0.3) is 0 Å². The molecule has 1 saturated heterocycles. The summed E-state index contributed by atoms with van der Waals surface area (Å²) in [5, 5.41) is 2.87. The van der Waals surface area contributed by atoms with E-state index in [-0.39, 0.29) is 11.8 Å². The Morgan fingerprint density at radius 3 is 2.42 bits per heavy atom. The van der Waals surface area contributed by atoms with Crippen molar-refractivity contribution in [1.82, 2.24) is 9.88 Å². The Bertz CT molecular complexity index is 738. The lowest BCUT2D eigenvalue weighted by Gasteiger charge is -2.36. The maximum Gasteiger partial charge on any atom is 0.257 e. The Kier molecular flexibility index (Phi) is 5.84. The van der Waals surface area contributed by atoms with E-state index in [0.717, 1.165) is 44.0 Å². The average Bonchev–Trinajstić information content (AvgIpc) is 2.69. The summed E-state index contributed by atoms with van der Waals surface area (Å²) in [6.45, 7) is 5.22. The van der Waals surface area contributed by atoms with Gasteiger partial charge in [-0.15, -0.1) is 0 Å². The van der Waals surface area contributed by atoms with E-state index in [9.17, 15) is 9.59 Å². The third-order valence-corrected chi connectivity index (χ3v) is 4.51. The summed E-state index contributed by atoms with van der Waals surface area (Å²) in [4.78, 5) is 32.3. The molecule has 0 saturated carbocycles. The van der Waals surface area contributed by atoms with Crippen LogP contribution in [0.3, 0.4) is 0 Å². The maximum atomic E-state index is 12.2. The minimum absolute atomic E-state index is 0.172. The molecular weight excluding hydrogens is 328 g/mol. The summed E-state index contributed by atoms with van der Waals surface area (Å²) in [5.74, 6) is 0.0783. The van der Waals surface area contributed by atoms with E-state index in [1.807, 2.05) is 36.1 Å². The minimum Gasteiger partial charge on any atom is -0.368 e. The highest BCUT2D eigenvalue weighted by molar-refractivity contribution is 6.04. The van der Waals surface area contributed by atoms with Crippen LogP contribution < -0.4 is 10.2 Å². The number of hydrogen-bond acceptors (Lipinski definition) is 4. The molecule has 0 atom stereocenters. The number of pyridine rings is 1. The van der Waals surface area contributed by atoms with Gasteiger partial charge >= 0.3 is 0 Å². The maximum absolute atomic E-state index is 12.2. The summed E-state index contributed by atoms with van der Waals surface area (Å²) in [5.41, 5.74) is 2.38. The van der Waals surface area contributed by atoms with Gasteiger partial charge < -0.3 is 15.1 Å². The van der Waals surface area contributed by atoms with E-state index in [2.05, 4.69) is 15.2 Å². The van der Waals surface area contributed by atoms with Crippen molar-refractivity contribution in [3.63, 3.8) is 0 Å². The lowest BCUT2D eigenvalue weighted by Crippen LogP contribution is -2.48. The van der Waals surface area contributed by atoms with Crippen molar-refractivity contribution in [3.05, 3.63) is 54.4 Å². The number of anilines is 2. The predicted molar refractivity (Wildman–Crippen MR) is 102 cm³/mol. The fourth-order valence-corrected chi connectivity index (χ4v) is 3.04. The number of hydrogen-bond donors (Lipinski definition) is 1. The van der Waals surface area contributed by atoms with Gasteiger partial charge in [0.25, 0.3) is 5.91 Å². The van der Waals surface area contributed by atoms with Crippen LogP contribution in [0.5, 0.6) is 0 Å². The Hall–Kier alpha value is -2.89. The number of aromatic nitrogens is 1. The molecule has 1 aliphatic rings. The molecule has 1 aromatic carbocycles. The third-order valence-electron chi connectivity index (χ3n) is 4.51. The summed E-state index contributed by atoms with van der Waals surface area (Å²) < 4.78 is 0. The van der Waals surface area contributed by atoms with Gasteiger partial charge in [-0.25, -0.2) is 0 Å². The smallest absolute Gasteiger partial charge is 0.257 e. The molecule has 1 aliphatic heterocycles. The molecule has 0 aliphatic carbocycles. The average molecular weight is 352 g/mol. The highest BCUT2D eigenvalue weighted by atomic mass is 16.2. The molecule has 0 radical (unpaired) electrons. The number of nitrogens with one attached hydrogen (secondary N) is 1. The van der Waals surface area contributed by atoms with Crippen LogP contribution in [0.15, 0.2) is 48.8 Å². The van der Waals surface area contributed by atoms with E-state index in [0.29, 0.717) is 12.0 Å². The second-order valence-corrected chi connectivity index (χ2v) is 6.36. The van der Waals surface area contributed by atoms with E-state index in [1.54, 1.807) is 24.5 Å². The van der Waals surface area contributed by atoms with Gasteiger partial charge in [0.15, 0.2) is 0 Å². The first-order valence-corrected chi connectivity index (χ1v) is 9.01. The van der Waals surface area contributed by atoms with Gasteiger partial charge in [0.2, 0.25) is 5.91 Å². The monoisotopic (exact) mass is 352 g/mol. The van der Waals surface area contributed by atoms with Crippen LogP contribution in [-0.2, 0) is 4.79 Å². The standard InChI is InChI=1S/C20H24N4O2/c1-2-4-19(25)24-13-11-23(12-14-24)18-8-6-17(7-9-18)22-20(26)16-5-3-10-21-15-16/h3,5-10,15H,2,4,11-14H2,1H3,(H,22,26). The van der Waals surface area contributed by atoms with Crippen molar-refractivity contribution in [3.8, 4) is 0 Å². The molecular formula is C20H24N4O2. The lowest BCUT2D eigenvalue weighted by atomic mass is 10.2. The molecule has 1 fully saturated rings. The van der Waals surface area contributed by atoms with Gasteiger partial charge in [-0.2, -0.15) is 0 Å². The number of nitrogens with zero attached hydrogens (tertiary/aromatic N) is 3. The van der Waals surface area contributed by atoms with Crippen LogP contribution in [0.1, 0.15) is 30.1 Å². The van der Waals surface area contributed by atoms with Gasteiger partial charge in [-0.1, -0.05) is 6.92 Å². The van der Waals surface area contributed by atoms with Gasteiger partial charge in [-0.3, -0.25) is 14.6 Å². The zero-order valence-corrected chi connectivity index (χ0v) is 15.0. The molecule has 136 valence electrons. The molecule has 1 aromatic heterocycles. The van der Waals surface area contributed by atoms with E-state index in [1.165, 1.54) is 0 Å². The number of benzene rings is 1. The Labute approximate surface area is 153 Å². The van der Waals surface area contributed by atoms with E-state index in [4.69, 9.17) is 0 Å². The van der Waals surface area contributed by atoms with Crippen LogP contribution >= 0.6 is 0 Å². The lowest BCUT2D eigenvalue weighted by molar-refractivity contribution is -0.131. The van der Waals surface area contributed by atoms with E-state index >= 15 is 0 Å². The minimum atomic E-state index is -0.172. The molecule has 6 heteroatoms. The number of carbonyl (C=O) groups is 2. The second-order valence-electron chi connectivity index (χ2n) is 6.36.